The SMILES string of the molecule is CC(=O)O.CC(=O)O.CN1CCC(Nc2nc(Cl)nc3c2ncn3C2CCCCO2)CC1.COC(=O)CCCCCCOc1ccc(N)cc1.COC(=O)CCCCCCOc1ccc(Nc2nc(NC3CCN(C)CC3)c3ncn(C4CCCCO4)c3n2)cc1.[Pd]. The number of anilines is 5. The summed E-state index contributed by atoms with van der Waals surface area (Å²) in [6.45, 7) is 9.34. The van der Waals surface area contributed by atoms with E-state index < -0.39 is 11.9 Å². The molecule has 4 aliphatic heterocycles. The molecule has 7 N–H and O–H groups in total. The first-order valence-electron chi connectivity index (χ1n) is 31.8. The number of nitrogens with two attached hydrogens (primary N) is 1. The van der Waals surface area contributed by atoms with Gasteiger partial charge in [0.05, 0.1) is 40.1 Å². The van der Waals surface area contributed by atoms with Crippen molar-refractivity contribution in [1.29, 1.82) is 0 Å². The number of nitrogens with one attached hydrogen (secondary N) is 3. The van der Waals surface area contributed by atoms with Gasteiger partial charge in [0.1, 0.15) is 24.0 Å². The number of piperidine rings is 2. The zero-order valence-corrected chi connectivity index (χ0v) is 56.4. The van der Waals surface area contributed by atoms with Crippen LogP contribution in [0.25, 0.3) is 22.3 Å². The van der Waals surface area contributed by atoms with Crippen molar-refractivity contribution in [3.8, 4) is 11.5 Å². The van der Waals surface area contributed by atoms with Crippen molar-refractivity contribution in [3.63, 3.8) is 0 Å². The quantitative estimate of drug-likeness (QED) is 0.0108. The average Bonchev–Trinajstić information content (AvgIpc) is 1.62. The summed E-state index contributed by atoms with van der Waals surface area (Å²) in [5.74, 6) is 1.73. The molecule has 28 heteroatoms. The van der Waals surface area contributed by atoms with Crippen LogP contribution in [0.2, 0.25) is 5.28 Å². The molecule has 4 aliphatic rings. The Morgan fingerprint density at radius 2 is 1.00 bits per heavy atom. The van der Waals surface area contributed by atoms with Crippen LogP contribution < -0.4 is 31.2 Å². The van der Waals surface area contributed by atoms with Crippen molar-refractivity contribution in [1.82, 2.24) is 48.8 Å². The monoisotopic (exact) mass is 1390 g/mol. The number of imidazole rings is 2. The third-order valence-electron chi connectivity index (χ3n) is 15.4. The van der Waals surface area contributed by atoms with E-state index in [1.807, 2.05) is 64.0 Å². The molecule has 4 aromatic heterocycles. The second-order valence-electron chi connectivity index (χ2n) is 22.9. The number of aliphatic carboxylic acids is 2. The van der Waals surface area contributed by atoms with E-state index in [1.165, 1.54) is 14.2 Å². The number of aromatic nitrogens is 8. The van der Waals surface area contributed by atoms with Crippen molar-refractivity contribution in [2.75, 3.05) is 103 Å². The third-order valence-corrected chi connectivity index (χ3v) is 15.6. The number of hydrogen-bond acceptors (Lipinski definition) is 22. The van der Waals surface area contributed by atoms with E-state index in [4.69, 9.17) is 71.0 Å². The summed E-state index contributed by atoms with van der Waals surface area (Å²) in [5, 5.41) is 25.7. The van der Waals surface area contributed by atoms with E-state index >= 15 is 0 Å². The zero-order chi connectivity index (χ0) is 65.3. The summed E-state index contributed by atoms with van der Waals surface area (Å²) in [7, 11) is 7.17. The van der Waals surface area contributed by atoms with Crippen LogP contribution in [0.15, 0.2) is 61.2 Å². The number of likely N-dealkylation sites (tertiary alicyclic amines) is 2. The maximum Gasteiger partial charge on any atom is 0.305 e. The number of nitrogens with zero attached hydrogens (tertiary/aromatic N) is 10. The third kappa shape index (κ3) is 27.3. The molecule has 26 nitrogen and oxygen atoms in total. The molecule has 92 heavy (non-hydrogen) atoms. The van der Waals surface area contributed by atoms with Gasteiger partial charge in [-0.05, 0) is 190 Å². The molecule has 0 amide bonds. The molecule has 6 aromatic rings. The fourth-order valence-corrected chi connectivity index (χ4v) is 10.6. The van der Waals surface area contributed by atoms with Crippen LogP contribution >= 0.6 is 11.6 Å². The molecule has 0 saturated carbocycles. The number of unbranched alkanes of at least 4 members (excludes halogenated alkanes) is 6. The van der Waals surface area contributed by atoms with Crippen molar-refractivity contribution in [2.24, 2.45) is 0 Å². The number of rotatable bonds is 24. The summed E-state index contributed by atoms with van der Waals surface area (Å²) in [4.78, 5) is 72.5. The number of carboxylic acids is 2. The number of nitrogen functional groups attached to an aromatic ring is 1. The van der Waals surface area contributed by atoms with Gasteiger partial charge in [-0.1, -0.05) is 25.7 Å². The van der Waals surface area contributed by atoms with Gasteiger partial charge in [-0.25, -0.2) is 9.97 Å². The number of fused-ring (bicyclic) bond motifs is 2. The van der Waals surface area contributed by atoms with E-state index in [0.29, 0.717) is 44.1 Å². The maximum atomic E-state index is 11.2. The van der Waals surface area contributed by atoms with Crippen LogP contribution in [0.4, 0.5) is 29.0 Å². The molecule has 2 atom stereocenters. The van der Waals surface area contributed by atoms with Crippen LogP contribution in [-0.2, 0) is 58.5 Å². The molecule has 4 fully saturated rings. The fourth-order valence-electron chi connectivity index (χ4n) is 10.4. The number of carboxylic acid groups (broad SMARTS) is 2. The van der Waals surface area contributed by atoms with Crippen molar-refractivity contribution < 1.29 is 78.2 Å². The summed E-state index contributed by atoms with van der Waals surface area (Å²) in [5.41, 5.74) is 10.3. The van der Waals surface area contributed by atoms with Gasteiger partial charge in [0.15, 0.2) is 34.0 Å². The van der Waals surface area contributed by atoms with E-state index in [-0.39, 0.29) is 50.1 Å². The van der Waals surface area contributed by atoms with Gasteiger partial charge in [-0.3, -0.25) is 28.3 Å². The number of carbonyl (C=O) groups excluding carboxylic acids is 2. The van der Waals surface area contributed by atoms with E-state index in [2.05, 4.69) is 64.3 Å². The van der Waals surface area contributed by atoms with Crippen molar-refractivity contribution in [3.05, 3.63) is 66.5 Å². The number of hydrogen-bond donors (Lipinski definition) is 6. The smallest absolute Gasteiger partial charge is 0.305 e. The molecule has 2 unspecified atom stereocenters. The number of halogens is 1. The van der Waals surface area contributed by atoms with Gasteiger partial charge in [-0.2, -0.15) is 19.9 Å². The Bertz CT molecular complexity index is 3100. The number of ether oxygens (including phenoxy) is 6. The van der Waals surface area contributed by atoms with Gasteiger partial charge in [0.2, 0.25) is 11.2 Å². The van der Waals surface area contributed by atoms with Crippen LogP contribution in [0, 0.1) is 0 Å². The molecule has 8 heterocycles. The number of esters is 2. The van der Waals surface area contributed by atoms with Gasteiger partial charge in [0.25, 0.3) is 11.9 Å². The molecule has 0 aliphatic carbocycles. The number of methoxy groups -OCH3 is 2. The fraction of sp³-hybridized carbons (Fsp3) is 0.594. The summed E-state index contributed by atoms with van der Waals surface area (Å²) < 4.78 is 36.7. The Morgan fingerprint density at radius 1 is 0.587 bits per heavy atom. The molecule has 4 saturated heterocycles. The van der Waals surface area contributed by atoms with E-state index in [9.17, 15) is 9.59 Å². The standard InChI is InChI=1S/C30H43N7O4.C16H23ClN6O.C14H21NO3.2C2H4O2.Pd/c1-36-17-15-23(16-18-36)32-28-27-29(37(21-31-27)25-9-6-8-20-41-25)35-30(34-28)33-22-11-13-24(14-12-22)40-19-7-4-3-5-10-26(38)39-2;1-22-7-5-11(6-8-22)19-14-13-15(21-16(17)20-14)23(10-18-13)12-4-2-3-9-24-12;1-17-14(16)6-4-2-3-5-11-18-13-9-7-12(15)8-10-13;2*1-2(3)4;/h11-14,21,23,25H,3-10,15-20H2,1-2H3,(H2,32,33,34,35);10-12H,2-9H2,1H3,(H,19,20,21);7-10H,2-6,11,15H2,1H3;2*1H3,(H,3,4);. The molecular weight excluding hydrogens is 1300 g/mol. The van der Waals surface area contributed by atoms with Crippen molar-refractivity contribution in [2.45, 2.75) is 167 Å². The summed E-state index contributed by atoms with van der Waals surface area (Å²) in [6.07, 6.45) is 23.0. The number of carbonyl (C=O) groups is 4. The Balaban J connectivity index is 0.000000255. The normalized spacial score (nSPS) is 16.9. The van der Waals surface area contributed by atoms with E-state index in [1.54, 1.807) is 6.33 Å². The van der Waals surface area contributed by atoms with Gasteiger partial charge in [0, 0.05) is 83.8 Å². The molecule has 0 radical (unpaired) electrons. The van der Waals surface area contributed by atoms with E-state index in [0.717, 1.165) is 226 Å². The molecule has 510 valence electrons. The minimum absolute atomic E-state index is 0. The van der Waals surface area contributed by atoms with Crippen LogP contribution in [-0.4, -0.2) is 176 Å². The first-order chi connectivity index (χ1) is 44.0. The zero-order valence-electron chi connectivity index (χ0n) is 54.1. The Labute approximate surface area is 558 Å². The number of benzene rings is 2. The van der Waals surface area contributed by atoms with Crippen LogP contribution in [0.3, 0.4) is 0 Å². The Morgan fingerprint density at radius 3 is 1.42 bits per heavy atom. The predicted octanol–water partition coefficient (Wildman–Crippen LogP) is 10.9. The largest absolute Gasteiger partial charge is 0.494 e. The molecule has 10 rings (SSSR count). The van der Waals surface area contributed by atoms with Gasteiger partial charge in [-0.15, -0.1) is 0 Å². The second kappa shape index (κ2) is 41.6. The summed E-state index contributed by atoms with van der Waals surface area (Å²) >= 11 is 6.18. The minimum Gasteiger partial charge on any atom is -0.494 e. The first-order valence-corrected chi connectivity index (χ1v) is 32.1. The topological polar surface area (TPSA) is 320 Å². The molecule has 0 spiro atoms. The first kappa shape index (κ1) is 75.7. The van der Waals surface area contributed by atoms with Crippen molar-refractivity contribution >= 4 is 86.8 Å². The van der Waals surface area contributed by atoms with Gasteiger partial charge >= 0.3 is 11.9 Å². The van der Waals surface area contributed by atoms with Crippen LogP contribution in [0.5, 0.6) is 11.5 Å². The Kier molecular flexibility index (Phi) is 34.2. The molecule has 0 bridgehead atoms. The minimum atomic E-state index is -0.833. The molecular formula is C64H95ClN14O12Pd. The summed E-state index contributed by atoms with van der Waals surface area (Å²) in [6, 6.07) is 16.0. The Hall–Kier alpha value is -6.99. The predicted molar refractivity (Wildman–Crippen MR) is 350 cm³/mol. The molecule has 2 aromatic carbocycles. The average molecular weight is 1390 g/mol. The van der Waals surface area contributed by atoms with Gasteiger partial charge < -0.3 is 70.1 Å². The van der Waals surface area contributed by atoms with Crippen LogP contribution in [0.1, 0.15) is 155 Å². The second-order valence-corrected chi connectivity index (χ2v) is 23.2. The maximum absolute atomic E-state index is 11.2.